The van der Waals surface area contributed by atoms with Gasteiger partial charge in [-0.2, -0.15) is 5.90 Å². The van der Waals surface area contributed by atoms with Crippen LogP contribution >= 0.6 is 0 Å². The molecule has 0 aliphatic carbocycles. The summed E-state index contributed by atoms with van der Waals surface area (Å²) in [5.41, 5.74) is 2.24. The third-order valence-corrected chi connectivity index (χ3v) is 5.28. The highest BCUT2D eigenvalue weighted by atomic mass is 16.6. The molecule has 1 fully saturated rings. The van der Waals surface area contributed by atoms with Crippen molar-refractivity contribution in [1.82, 2.24) is 4.90 Å². The van der Waals surface area contributed by atoms with Crippen LogP contribution in [0.3, 0.4) is 0 Å². The van der Waals surface area contributed by atoms with Gasteiger partial charge in [-0.25, -0.2) is 0 Å². The maximum absolute atomic E-state index is 12.6. The average molecular weight is 367 g/mol. The molecule has 144 valence electrons. The molecule has 0 atom stereocenters. The van der Waals surface area contributed by atoms with Crippen molar-refractivity contribution in [2.75, 3.05) is 24.5 Å². The van der Waals surface area contributed by atoms with Crippen LogP contribution in [0.15, 0.2) is 54.6 Å². The molecule has 1 aliphatic rings. The number of rotatable bonds is 7. The van der Waals surface area contributed by atoms with Gasteiger partial charge in [0.25, 0.3) is 0 Å². The summed E-state index contributed by atoms with van der Waals surface area (Å²) in [4.78, 5) is 21.9. The Labute approximate surface area is 161 Å². The van der Waals surface area contributed by atoms with Crippen LogP contribution in [0.5, 0.6) is 5.75 Å². The Balaban J connectivity index is 1.61. The molecule has 0 saturated carbocycles. The number of carbonyl (C=O) groups is 1. The second kappa shape index (κ2) is 9.53. The van der Waals surface area contributed by atoms with Gasteiger partial charge in [-0.15, -0.1) is 0 Å². The van der Waals surface area contributed by atoms with Crippen molar-refractivity contribution in [2.45, 2.75) is 38.6 Å². The van der Waals surface area contributed by atoms with Crippen molar-refractivity contribution >= 4 is 11.6 Å². The summed E-state index contributed by atoms with van der Waals surface area (Å²) < 4.78 is 0. The first-order chi connectivity index (χ1) is 13.2. The zero-order valence-electron chi connectivity index (χ0n) is 16.0. The fourth-order valence-corrected chi connectivity index (χ4v) is 3.77. The molecule has 27 heavy (non-hydrogen) atoms. The molecule has 0 unspecified atom stereocenters. The van der Waals surface area contributed by atoms with E-state index in [9.17, 15) is 4.79 Å². The van der Waals surface area contributed by atoms with E-state index in [1.54, 1.807) is 6.07 Å². The fraction of sp³-hybridized carbons (Fsp3) is 0.409. The topological polar surface area (TPSA) is 58.8 Å². The van der Waals surface area contributed by atoms with E-state index < -0.39 is 0 Å². The number of amides is 1. The third-order valence-electron chi connectivity index (χ3n) is 5.28. The number of piperidine rings is 1. The van der Waals surface area contributed by atoms with E-state index >= 15 is 0 Å². The number of hydrogen-bond acceptors (Lipinski definition) is 4. The Bertz CT molecular complexity index is 727. The molecule has 1 saturated heterocycles. The minimum atomic E-state index is 0.145. The molecule has 2 N–H and O–H groups in total. The predicted molar refractivity (Wildman–Crippen MR) is 109 cm³/mol. The molecule has 0 radical (unpaired) electrons. The van der Waals surface area contributed by atoms with Crippen LogP contribution in [0.25, 0.3) is 0 Å². The highest BCUT2D eigenvalue weighted by Crippen LogP contribution is 2.27. The second-order valence-electron chi connectivity index (χ2n) is 7.04. The molecule has 2 aromatic rings. The van der Waals surface area contributed by atoms with Crippen LogP contribution in [0.2, 0.25) is 0 Å². The van der Waals surface area contributed by atoms with Crippen molar-refractivity contribution in [3.8, 4) is 5.75 Å². The Hall–Kier alpha value is -2.37. The zero-order valence-corrected chi connectivity index (χ0v) is 16.0. The van der Waals surface area contributed by atoms with Gasteiger partial charge in [0, 0.05) is 43.9 Å². The predicted octanol–water partition coefficient (Wildman–Crippen LogP) is 3.39. The van der Waals surface area contributed by atoms with Gasteiger partial charge >= 0.3 is 0 Å². The van der Waals surface area contributed by atoms with Gasteiger partial charge < -0.3 is 14.6 Å². The van der Waals surface area contributed by atoms with E-state index in [1.165, 1.54) is 5.56 Å². The van der Waals surface area contributed by atoms with Crippen LogP contribution in [-0.2, 0) is 11.2 Å². The summed E-state index contributed by atoms with van der Waals surface area (Å²) in [5, 5.41) is 0. The number of hydrogen-bond donors (Lipinski definition) is 1. The molecule has 3 rings (SSSR count). The summed E-state index contributed by atoms with van der Waals surface area (Å²) in [6.07, 6.45) is 3.52. The number of benzene rings is 2. The van der Waals surface area contributed by atoms with E-state index in [-0.39, 0.29) is 11.9 Å². The summed E-state index contributed by atoms with van der Waals surface area (Å²) in [7, 11) is 0. The number of anilines is 1. The van der Waals surface area contributed by atoms with Crippen LogP contribution in [0.4, 0.5) is 5.69 Å². The number of carbonyl (C=O) groups excluding carboxylic acids is 1. The first-order valence-electron chi connectivity index (χ1n) is 9.76. The summed E-state index contributed by atoms with van der Waals surface area (Å²) >= 11 is 0. The van der Waals surface area contributed by atoms with Gasteiger partial charge in [-0.1, -0.05) is 43.3 Å². The number of nitrogens with two attached hydrogens (primary N) is 1. The van der Waals surface area contributed by atoms with Gasteiger partial charge in [-0.3, -0.25) is 4.79 Å². The van der Waals surface area contributed by atoms with Crippen LogP contribution < -0.4 is 15.6 Å². The first-order valence-corrected chi connectivity index (χ1v) is 9.76. The molecule has 0 bridgehead atoms. The number of likely N-dealkylation sites (tertiary alicyclic amines) is 1. The maximum atomic E-state index is 12.6. The second-order valence-corrected chi connectivity index (χ2v) is 7.04. The Morgan fingerprint density at radius 3 is 2.56 bits per heavy atom. The minimum Gasteiger partial charge on any atom is -0.411 e. The van der Waals surface area contributed by atoms with Gasteiger partial charge in [0.2, 0.25) is 5.91 Å². The van der Waals surface area contributed by atoms with Crippen molar-refractivity contribution in [3.05, 3.63) is 60.2 Å². The monoisotopic (exact) mass is 367 g/mol. The molecule has 0 spiro atoms. The largest absolute Gasteiger partial charge is 0.411 e. The molecule has 5 nitrogen and oxygen atoms in total. The Morgan fingerprint density at radius 2 is 1.89 bits per heavy atom. The minimum absolute atomic E-state index is 0.145. The molecule has 1 aliphatic heterocycles. The lowest BCUT2D eigenvalue weighted by molar-refractivity contribution is -0.119. The Kier molecular flexibility index (Phi) is 6.85. The van der Waals surface area contributed by atoms with E-state index in [0.717, 1.165) is 44.6 Å². The van der Waals surface area contributed by atoms with Gasteiger partial charge in [0.15, 0.2) is 0 Å². The van der Waals surface area contributed by atoms with Crippen molar-refractivity contribution in [2.24, 2.45) is 5.90 Å². The summed E-state index contributed by atoms with van der Waals surface area (Å²) in [6.45, 7) is 5.00. The zero-order chi connectivity index (χ0) is 19.1. The molecule has 5 heteroatoms. The van der Waals surface area contributed by atoms with Crippen LogP contribution in [0.1, 0.15) is 31.7 Å². The van der Waals surface area contributed by atoms with E-state index in [4.69, 9.17) is 10.7 Å². The van der Waals surface area contributed by atoms with Gasteiger partial charge in [0.1, 0.15) is 5.75 Å². The number of nitrogens with zero attached hydrogens (tertiary/aromatic N) is 2. The summed E-state index contributed by atoms with van der Waals surface area (Å²) in [5.74, 6) is 6.01. The Morgan fingerprint density at radius 1 is 1.15 bits per heavy atom. The molecule has 0 aromatic heterocycles. The normalized spacial score (nSPS) is 15.5. The van der Waals surface area contributed by atoms with Gasteiger partial charge in [-0.05, 0) is 37.0 Å². The molecule has 1 amide bonds. The van der Waals surface area contributed by atoms with E-state index in [2.05, 4.69) is 35.2 Å². The lowest BCUT2D eigenvalue weighted by Crippen LogP contribution is -2.47. The van der Waals surface area contributed by atoms with Crippen molar-refractivity contribution in [1.29, 1.82) is 0 Å². The maximum Gasteiger partial charge on any atom is 0.226 e. The first kappa shape index (κ1) is 19.4. The quantitative estimate of drug-likeness (QED) is 0.762. The van der Waals surface area contributed by atoms with Crippen molar-refractivity contribution in [3.63, 3.8) is 0 Å². The van der Waals surface area contributed by atoms with E-state index in [0.29, 0.717) is 12.2 Å². The molecular formula is C22H29N3O2. The van der Waals surface area contributed by atoms with E-state index in [1.807, 2.05) is 30.0 Å². The molecule has 2 aromatic carbocycles. The highest BCUT2D eigenvalue weighted by molar-refractivity contribution is 5.94. The standard InChI is InChI=1S/C22H29N3O2/c1-2-22(26)25(20-9-6-10-21(17-20)27-23)19-12-15-24(16-13-19)14-11-18-7-4-3-5-8-18/h3-10,17,19H,2,11-16,23H2,1H3. The smallest absolute Gasteiger partial charge is 0.226 e. The highest BCUT2D eigenvalue weighted by Gasteiger charge is 2.28. The summed E-state index contributed by atoms with van der Waals surface area (Å²) in [6, 6.07) is 18.3. The fourth-order valence-electron chi connectivity index (χ4n) is 3.77. The van der Waals surface area contributed by atoms with Crippen LogP contribution in [-0.4, -0.2) is 36.5 Å². The lowest BCUT2D eigenvalue weighted by atomic mass is 10.0. The lowest BCUT2D eigenvalue weighted by Gasteiger charge is -2.38. The van der Waals surface area contributed by atoms with Gasteiger partial charge in [0.05, 0.1) is 0 Å². The SMILES string of the molecule is CCC(=O)N(c1cccc(ON)c1)C1CCN(CCc2ccccc2)CC1. The van der Waals surface area contributed by atoms with Crippen LogP contribution in [0, 0.1) is 0 Å². The average Bonchev–Trinajstić information content (AvgIpc) is 2.74. The van der Waals surface area contributed by atoms with Crippen molar-refractivity contribution < 1.29 is 9.63 Å². The molecule has 1 heterocycles. The molecular weight excluding hydrogens is 338 g/mol. The third kappa shape index (κ3) is 5.08.